The summed E-state index contributed by atoms with van der Waals surface area (Å²) >= 11 is 1.32. The molecule has 0 aliphatic carbocycles. The molecule has 1 saturated heterocycles. The lowest BCUT2D eigenvalue weighted by atomic mass is 10.1. The van der Waals surface area contributed by atoms with E-state index in [-0.39, 0.29) is 36.3 Å². The number of benzene rings is 2. The maximum atomic E-state index is 14.5. The Kier molecular flexibility index (Phi) is 12.6. The summed E-state index contributed by atoms with van der Waals surface area (Å²) in [5.74, 6) is -0.534. The highest BCUT2D eigenvalue weighted by Crippen LogP contribution is 2.19. The number of carbonyl (C=O) groups is 3. The van der Waals surface area contributed by atoms with Crippen LogP contribution in [0.15, 0.2) is 72.2 Å². The van der Waals surface area contributed by atoms with Gasteiger partial charge in [-0.3, -0.25) is 19.3 Å². The Bertz CT molecular complexity index is 1500. The Labute approximate surface area is 266 Å². The molecule has 1 fully saturated rings. The summed E-state index contributed by atoms with van der Waals surface area (Å²) in [6, 6.07) is 14.1. The monoisotopic (exact) mass is 634 g/mol. The summed E-state index contributed by atoms with van der Waals surface area (Å²) in [5, 5.41) is 14.9. The van der Waals surface area contributed by atoms with Crippen LogP contribution in [0.2, 0.25) is 0 Å². The van der Waals surface area contributed by atoms with Gasteiger partial charge in [0, 0.05) is 50.4 Å². The number of nitrogens with two attached hydrogens (primary N) is 2. The minimum Gasteiger partial charge on any atom is -0.402 e. The fraction of sp³-hybridized carbons (Fsp3) is 0.344. The summed E-state index contributed by atoms with van der Waals surface area (Å²) < 4.78 is 14.5. The van der Waals surface area contributed by atoms with Crippen molar-refractivity contribution >= 4 is 34.7 Å². The van der Waals surface area contributed by atoms with E-state index in [1.807, 2.05) is 30.3 Å². The van der Waals surface area contributed by atoms with Gasteiger partial charge in [0.25, 0.3) is 0 Å². The van der Waals surface area contributed by atoms with Crippen molar-refractivity contribution in [1.82, 2.24) is 25.3 Å². The maximum absolute atomic E-state index is 14.5. The average Bonchev–Trinajstić information content (AvgIpc) is 3.47. The fourth-order valence-electron chi connectivity index (χ4n) is 4.79. The number of allylic oxidation sites excluding steroid dienone is 3. The maximum Gasteiger partial charge on any atom is 0.230 e. The molecule has 11 nitrogen and oxygen atoms in total. The number of rotatable bonds is 15. The Morgan fingerprint density at radius 3 is 2.44 bits per heavy atom. The summed E-state index contributed by atoms with van der Waals surface area (Å²) in [5.41, 5.74) is 14.8. The molecule has 0 atom stereocenters. The molecular formula is C32H39FN8O3S. The molecule has 2 aromatic carbocycles. The predicted octanol–water partition coefficient (Wildman–Crippen LogP) is 2.85. The Hall–Kier alpha value is -4.62. The molecule has 13 heteroatoms. The third kappa shape index (κ3) is 11.4. The lowest BCUT2D eigenvalue weighted by molar-refractivity contribution is -0.120. The second-order valence-corrected chi connectivity index (χ2v) is 11.9. The quantitative estimate of drug-likeness (QED) is 0.113. The van der Waals surface area contributed by atoms with E-state index in [0.717, 1.165) is 29.8 Å². The van der Waals surface area contributed by atoms with Crippen LogP contribution in [0.5, 0.6) is 0 Å². The second kappa shape index (κ2) is 17.0. The zero-order valence-electron chi connectivity index (χ0n) is 25.1. The number of nitrogens with zero attached hydrogens (tertiary/aromatic N) is 4. The van der Waals surface area contributed by atoms with Crippen LogP contribution in [0, 0.1) is 5.82 Å². The van der Waals surface area contributed by atoms with E-state index >= 15 is 0 Å². The van der Waals surface area contributed by atoms with Crippen LogP contribution in [0.25, 0.3) is 0 Å². The molecule has 0 spiro atoms. The van der Waals surface area contributed by atoms with E-state index in [0.29, 0.717) is 67.5 Å². The molecule has 1 aliphatic heterocycles. The van der Waals surface area contributed by atoms with Gasteiger partial charge in [0.15, 0.2) is 0 Å². The van der Waals surface area contributed by atoms with E-state index in [1.54, 1.807) is 29.2 Å². The van der Waals surface area contributed by atoms with E-state index in [9.17, 15) is 18.8 Å². The molecule has 3 amide bonds. The van der Waals surface area contributed by atoms with Gasteiger partial charge in [-0.2, -0.15) is 0 Å². The number of unbranched alkanes of at least 4 members (excludes halogenated alkanes) is 1. The first kappa shape index (κ1) is 33.3. The van der Waals surface area contributed by atoms with Crippen LogP contribution in [0.4, 0.5) is 9.52 Å². The first-order valence-corrected chi connectivity index (χ1v) is 15.7. The Balaban J connectivity index is 1.15. The van der Waals surface area contributed by atoms with Crippen LogP contribution in [0.1, 0.15) is 41.0 Å². The largest absolute Gasteiger partial charge is 0.402 e. The first-order valence-electron chi connectivity index (χ1n) is 14.8. The standard InChI is InChI=1S/C32H39FN8O3S/c33-27-12-10-24(18-25(27)21-40-14-16-41(22-42)17-15-40)20-30(44)37-32-39-38-31(45-32)9-5-4-8-26(34)11-13-28(35)36-29(43)19-23-6-2-1-3-7-23/h1-3,6-7,10-13,18,22H,4-5,8-9,14-17,19-21,34-35H2,(H,36,43)(H,37,39,44)/b26-11-,28-13+. The number of piperazine rings is 1. The molecule has 238 valence electrons. The zero-order chi connectivity index (χ0) is 32.0. The molecular weight excluding hydrogens is 595 g/mol. The summed E-state index contributed by atoms with van der Waals surface area (Å²) in [6.07, 6.45) is 7.43. The van der Waals surface area contributed by atoms with Gasteiger partial charge in [-0.15, -0.1) is 10.2 Å². The average molecular weight is 635 g/mol. The third-order valence-electron chi connectivity index (χ3n) is 7.21. The zero-order valence-corrected chi connectivity index (χ0v) is 25.9. The number of aromatic nitrogens is 2. The molecule has 0 radical (unpaired) electrons. The highest BCUT2D eigenvalue weighted by Gasteiger charge is 2.18. The minimum atomic E-state index is -0.313. The number of carbonyl (C=O) groups excluding carboxylic acids is 3. The lowest BCUT2D eigenvalue weighted by Gasteiger charge is -2.32. The number of anilines is 1. The van der Waals surface area contributed by atoms with Gasteiger partial charge < -0.3 is 27.0 Å². The van der Waals surface area contributed by atoms with E-state index in [2.05, 4.69) is 25.7 Å². The first-order chi connectivity index (χ1) is 21.8. The minimum absolute atomic E-state index is 0.0857. The number of hydrogen-bond donors (Lipinski definition) is 4. The van der Waals surface area contributed by atoms with Crippen LogP contribution in [0.3, 0.4) is 0 Å². The van der Waals surface area contributed by atoms with Gasteiger partial charge >= 0.3 is 0 Å². The van der Waals surface area contributed by atoms with Gasteiger partial charge in [-0.1, -0.05) is 53.8 Å². The Morgan fingerprint density at radius 2 is 1.69 bits per heavy atom. The molecule has 6 N–H and O–H groups in total. The number of nitrogens with one attached hydrogen (secondary N) is 2. The summed E-state index contributed by atoms with van der Waals surface area (Å²) in [6.45, 7) is 3.01. The molecule has 0 unspecified atom stereocenters. The third-order valence-corrected chi connectivity index (χ3v) is 8.11. The van der Waals surface area contributed by atoms with Crippen molar-refractivity contribution in [1.29, 1.82) is 0 Å². The summed E-state index contributed by atoms with van der Waals surface area (Å²) in [7, 11) is 0. The number of amides is 3. The number of halogens is 1. The number of aryl methyl sites for hydroxylation is 1. The Morgan fingerprint density at radius 1 is 0.933 bits per heavy atom. The lowest BCUT2D eigenvalue weighted by Crippen LogP contribution is -2.45. The molecule has 1 aliphatic rings. The van der Waals surface area contributed by atoms with Crippen molar-refractivity contribution in [2.24, 2.45) is 11.5 Å². The van der Waals surface area contributed by atoms with Gasteiger partial charge in [0.05, 0.1) is 12.8 Å². The molecule has 2 heterocycles. The van der Waals surface area contributed by atoms with Gasteiger partial charge in [-0.25, -0.2) is 4.39 Å². The van der Waals surface area contributed by atoms with Crippen molar-refractivity contribution in [3.63, 3.8) is 0 Å². The SMILES string of the molecule is N/C(=C\C=C(/N)NC(=O)Cc1ccccc1)CCCCc1nnc(NC(=O)Cc2ccc(F)c(CN3CCN(C=O)CC3)c2)s1. The van der Waals surface area contributed by atoms with E-state index < -0.39 is 0 Å². The normalized spacial score (nSPS) is 14.3. The van der Waals surface area contributed by atoms with E-state index in [4.69, 9.17) is 11.5 Å². The van der Waals surface area contributed by atoms with Gasteiger partial charge in [0.2, 0.25) is 23.4 Å². The highest BCUT2D eigenvalue weighted by molar-refractivity contribution is 7.15. The highest BCUT2D eigenvalue weighted by atomic mass is 32.1. The van der Waals surface area contributed by atoms with Crippen LogP contribution >= 0.6 is 11.3 Å². The van der Waals surface area contributed by atoms with Crippen LogP contribution in [-0.4, -0.2) is 64.4 Å². The van der Waals surface area contributed by atoms with Crippen molar-refractivity contribution in [2.45, 2.75) is 45.1 Å². The van der Waals surface area contributed by atoms with Crippen LogP contribution < -0.4 is 22.1 Å². The molecule has 3 aromatic rings. The van der Waals surface area contributed by atoms with Crippen molar-refractivity contribution in [3.05, 3.63) is 99.7 Å². The second-order valence-electron chi connectivity index (χ2n) is 10.9. The van der Waals surface area contributed by atoms with Crippen molar-refractivity contribution < 1.29 is 18.8 Å². The topological polar surface area (TPSA) is 160 Å². The summed E-state index contributed by atoms with van der Waals surface area (Å²) in [4.78, 5) is 39.5. The molecule has 0 saturated carbocycles. The molecule has 0 bridgehead atoms. The molecule has 45 heavy (non-hydrogen) atoms. The number of hydrogen-bond acceptors (Lipinski definition) is 9. The predicted molar refractivity (Wildman–Crippen MR) is 172 cm³/mol. The van der Waals surface area contributed by atoms with E-state index in [1.165, 1.54) is 17.4 Å². The van der Waals surface area contributed by atoms with Crippen molar-refractivity contribution in [2.75, 3.05) is 31.5 Å². The van der Waals surface area contributed by atoms with Crippen LogP contribution in [-0.2, 0) is 40.2 Å². The van der Waals surface area contributed by atoms with Gasteiger partial charge in [0.1, 0.15) is 16.6 Å². The smallest absolute Gasteiger partial charge is 0.230 e. The molecule has 4 rings (SSSR count). The van der Waals surface area contributed by atoms with Gasteiger partial charge in [-0.05, 0) is 48.6 Å². The van der Waals surface area contributed by atoms with Crippen molar-refractivity contribution in [3.8, 4) is 0 Å². The molecule has 1 aromatic heterocycles. The fourth-order valence-corrected chi connectivity index (χ4v) is 5.59.